The summed E-state index contributed by atoms with van der Waals surface area (Å²) in [7, 11) is 0. The van der Waals surface area contributed by atoms with E-state index in [1.54, 1.807) is 12.3 Å². The van der Waals surface area contributed by atoms with E-state index in [4.69, 9.17) is 0 Å². The molecule has 3 rings (SSSR count). The van der Waals surface area contributed by atoms with Crippen LogP contribution in [-0.2, 0) is 0 Å². The van der Waals surface area contributed by atoms with Crippen molar-refractivity contribution in [3.05, 3.63) is 53.3 Å². The Morgan fingerprint density at radius 2 is 2.00 bits per heavy atom. The monoisotopic (exact) mass is 309 g/mol. The van der Waals surface area contributed by atoms with Crippen molar-refractivity contribution in [2.45, 2.75) is 45.6 Å². The smallest absolute Gasteiger partial charge is 0.270 e. The van der Waals surface area contributed by atoms with Gasteiger partial charge in [-0.2, -0.15) is 0 Å². The van der Waals surface area contributed by atoms with Gasteiger partial charge >= 0.3 is 0 Å². The number of para-hydroxylation sites is 1. The Bertz CT molecular complexity index is 703. The molecule has 1 saturated carbocycles. The second kappa shape index (κ2) is 6.41. The molecule has 1 fully saturated rings. The molecule has 1 aliphatic carbocycles. The molecule has 1 amide bonds. The molecule has 1 heterocycles. The van der Waals surface area contributed by atoms with Crippen molar-refractivity contribution in [2.75, 3.05) is 5.32 Å². The van der Waals surface area contributed by atoms with Gasteiger partial charge in [-0.25, -0.2) is 4.98 Å². The Kier molecular flexibility index (Phi) is 4.33. The zero-order chi connectivity index (χ0) is 16.4. The van der Waals surface area contributed by atoms with E-state index in [2.05, 4.69) is 54.6 Å². The molecule has 120 valence electrons. The number of aryl methyl sites for hydroxylation is 1. The predicted molar refractivity (Wildman–Crippen MR) is 93.3 cm³/mol. The van der Waals surface area contributed by atoms with E-state index >= 15 is 0 Å². The van der Waals surface area contributed by atoms with Crippen LogP contribution in [0.15, 0.2) is 36.5 Å². The molecule has 23 heavy (non-hydrogen) atoms. The molecule has 0 aliphatic heterocycles. The van der Waals surface area contributed by atoms with E-state index in [-0.39, 0.29) is 5.91 Å². The number of nitrogens with one attached hydrogen (secondary N) is 2. The van der Waals surface area contributed by atoms with Gasteiger partial charge in [0.15, 0.2) is 0 Å². The van der Waals surface area contributed by atoms with E-state index in [0.717, 1.165) is 24.2 Å². The van der Waals surface area contributed by atoms with Crippen LogP contribution >= 0.6 is 0 Å². The summed E-state index contributed by atoms with van der Waals surface area (Å²) in [6.07, 6.45) is 3.88. The second-order valence-electron chi connectivity index (χ2n) is 6.50. The number of pyridine rings is 1. The van der Waals surface area contributed by atoms with E-state index in [0.29, 0.717) is 17.7 Å². The highest BCUT2D eigenvalue weighted by Crippen LogP contribution is 2.30. The predicted octanol–water partition coefficient (Wildman–Crippen LogP) is 4.15. The lowest BCUT2D eigenvalue weighted by Crippen LogP contribution is -2.26. The topological polar surface area (TPSA) is 54.0 Å². The Hall–Kier alpha value is -2.36. The van der Waals surface area contributed by atoms with Crippen molar-refractivity contribution in [3.8, 4) is 0 Å². The average Bonchev–Trinajstić information content (AvgIpc) is 3.33. The summed E-state index contributed by atoms with van der Waals surface area (Å²) in [5.74, 6) is 0.353. The summed E-state index contributed by atoms with van der Waals surface area (Å²) in [4.78, 5) is 16.3. The van der Waals surface area contributed by atoms with Gasteiger partial charge in [0.2, 0.25) is 0 Å². The fourth-order valence-corrected chi connectivity index (χ4v) is 2.58. The molecule has 1 aliphatic rings. The largest absolute Gasteiger partial charge is 0.354 e. The summed E-state index contributed by atoms with van der Waals surface area (Å²) >= 11 is 0. The van der Waals surface area contributed by atoms with E-state index in [9.17, 15) is 4.79 Å². The van der Waals surface area contributed by atoms with E-state index in [1.807, 2.05) is 6.07 Å². The molecule has 1 aromatic carbocycles. The number of hydrogen-bond acceptors (Lipinski definition) is 3. The maximum atomic E-state index is 12.0. The minimum Gasteiger partial charge on any atom is -0.354 e. The summed E-state index contributed by atoms with van der Waals surface area (Å²) in [6.45, 7) is 6.46. The minimum atomic E-state index is -0.0854. The summed E-state index contributed by atoms with van der Waals surface area (Å²) < 4.78 is 0. The number of carbonyl (C=O) groups is 1. The van der Waals surface area contributed by atoms with Crippen LogP contribution in [0, 0.1) is 6.92 Å². The molecule has 2 aromatic rings. The van der Waals surface area contributed by atoms with Gasteiger partial charge in [0.1, 0.15) is 5.69 Å². The number of amides is 1. The first-order chi connectivity index (χ1) is 11.0. The van der Waals surface area contributed by atoms with Gasteiger partial charge in [0, 0.05) is 11.7 Å². The molecule has 0 unspecified atom stereocenters. The number of anilines is 2. The number of rotatable bonds is 5. The van der Waals surface area contributed by atoms with Crippen molar-refractivity contribution < 1.29 is 4.79 Å². The number of carbonyl (C=O) groups excluding carboxylic acids is 1. The van der Waals surface area contributed by atoms with Crippen LogP contribution in [0.5, 0.6) is 0 Å². The SMILES string of the molecule is Cc1cccc(C(C)C)c1Nc1ccc(C(=O)NC2CC2)nc1. The first kappa shape index (κ1) is 15.5. The highest BCUT2D eigenvalue weighted by atomic mass is 16.2. The van der Waals surface area contributed by atoms with Crippen LogP contribution < -0.4 is 10.6 Å². The lowest BCUT2D eigenvalue weighted by molar-refractivity contribution is 0.0946. The standard InChI is InChI=1S/C19H23N3O/c1-12(2)16-6-4-5-13(3)18(16)21-15-9-10-17(20-11-15)19(23)22-14-7-8-14/h4-6,9-12,14,21H,7-8H2,1-3H3,(H,22,23). The van der Waals surface area contributed by atoms with Crippen molar-refractivity contribution in [2.24, 2.45) is 0 Å². The van der Waals surface area contributed by atoms with Gasteiger partial charge < -0.3 is 10.6 Å². The normalized spacial score (nSPS) is 13.9. The molecule has 4 heteroatoms. The van der Waals surface area contributed by atoms with Gasteiger partial charge in [-0.3, -0.25) is 4.79 Å². The third-order valence-electron chi connectivity index (χ3n) is 4.11. The van der Waals surface area contributed by atoms with Crippen molar-refractivity contribution in [1.29, 1.82) is 0 Å². The van der Waals surface area contributed by atoms with E-state index in [1.165, 1.54) is 11.1 Å². The molecule has 0 spiro atoms. The quantitative estimate of drug-likeness (QED) is 0.872. The lowest BCUT2D eigenvalue weighted by Gasteiger charge is -2.17. The van der Waals surface area contributed by atoms with Crippen LogP contribution in [0.1, 0.15) is 54.2 Å². The molecule has 0 saturated heterocycles. The summed E-state index contributed by atoms with van der Waals surface area (Å²) in [6, 6.07) is 10.4. The van der Waals surface area contributed by atoms with E-state index < -0.39 is 0 Å². The maximum Gasteiger partial charge on any atom is 0.270 e. The highest BCUT2D eigenvalue weighted by Gasteiger charge is 2.24. The van der Waals surface area contributed by atoms with Crippen LogP contribution in [0.4, 0.5) is 11.4 Å². The fraction of sp³-hybridized carbons (Fsp3) is 0.368. The number of aromatic nitrogens is 1. The number of benzene rings is 1. The highest BCUT2D eigenvalue weighted by molar-refractivity contribution is 5.92. The van der Waals surface area contributed by atoms with Gasteiger partial charge in [-0.1, -0.05) is 32.0 Å². The van der Waals surface area contributed by atoms with Crippen molar-refractivity contribution in [1.82, 2.24) is 10.3 Å². The fourth-order valence-electron chi connectivity index (χ4n) is 2.58. The third kappa shape index (κ3) is 3.70. The Balaban J connectivity index is 1.77. The van der Waals surface area contributed by atoms with Crippen LogP contribution in [0.3, 0.4) is 0 Å². The second-order valence-corrected chi connectivity index (χ2v) is 6.50. The lowest BCUT2D eigenvalue weighted by atomic mass is 9.98. The molecular formula is C19H23N3O. The zero-order valence-electron chi connectivity index (χ0n) is 13.9. The first-order valence-electron chi connectivity index (χ1n) is 8.18. The third-order valence-corrected chi connectivity index (χ3v) is 4.11. The van der Waals surface area contributed by atoms with Crippen molar-refractivity contribution in [3.63, 3.8) is 0 Å². The molecule has 0 bridgehead atoms. The van der Waals surface area contributed by atoms with Gasteiger partial charge in [0.25, 0.3) is 5.91 Å². The molecule has 4 nitrogen and oxygen atoms in total. The molecular weight excluding hydrogens is 286 g/mol. The molecule has 2 N–H and O–H groups in total. The summed E-state index contributed by atoms with van der Waals surface area (Å²) in [5.41, 5.74) is 4.97. The van der Waals surface area contributed by atoms with Gasteiger partial charge in [0.05, 0.1) is 11.9 Å². The summed E-state index contributed by atoms with van der Waals surface area (Å²) in [5, 5.41) is 6.40. The van der Waals surface area contributed by atoms with Crippen molar-refractivity contribution >= 4 is 17.3 Å². The number of nitrogens with zero attached hydrogens (tertiary/aromatic N) is 1. The van der Waals surface area contributed by atoms with Crippen LogP contribution in [0.2, 0.25) is 0 Å². The molecule has 0 radical (unpaired) electrons. The molecule has 0 atom stereocenters. The van der Waals surface area contributed by atoms with Crippen LogP contribution in [0.25, 0.3) is 0 Å². The first-order valence-corrected chi connectivity index (χ1v) is 8.18. The Morgan fingerprint density at radius 1 is 1.22 bits per heavy atom. The zero-order valence-corrected chi connectivity index (χ0v) is 13.9. The Morgan fingerprint density at radius 3 is 2.61 bits per heavy atom. The number of hydrogen-bond donors (Lipinski definition) is 2. The van der Waals surface area contributed by atoms with Crippen LogP contribution in [-0.4, -0.2) is 16.9 Å². The van der Waals surface area contributed by atoms with Gasteiger partial charge in [-0.05, 0) is 48.9 Å². The Labute approximate surface area is 137 Å². The average molecular weight is 309 g/mol. The van der Waals surface area contributed by atoms with Gasteiger partial charge in [-0.15, -0.1) is 0 Å². The molecule has 1 aromatic heterocycles. The maximum absolute atomic E-state index is 12.0. The minimum absolute atomic E-state index is 0.0854.